The summed E-state index contributed by atoms with van der Waals surface area (Å²) in [6.45, 7) is 49.9. The Morgan fingerprint density at radius 3 is 0.978 bits per heavy atom. The van der Waals surface area contributed by atoms with Crippen LogP contribution in [0.1, 0.15) is 425 Å². The Morgan fingerprint density at radius 2 is 0.613 bits per heavy atom. The Kier molecular flexibility index (Phi) is 19.9. The molecule has 0 aromatic heterocycles. The van der Waals surface area contributed by atoms with Gasteiger partial charge in [0, 0.05) is 37.0 Å². The van der Waals surface area contributed by atoms with Crippen molar-refractivity contribution in [2.24, 2.45) is 17.8 Å². The van der Waals surface area contributed by atoms with Gasteiger partial charge >= 0.3 is 0 Å². The van der Waals surface area contributed by atoms with E-state index >= 15 is 0 Å². The lowest BCUT2D eigenvalue weighted by Crippen LogP contribution is -2.24. The van der Waals surface area contributed by atoms with E-state index in [1.165, 1.54) is 34.9 Å². The SMILES string of the molecule is [2H]C(C)(C)c1cccc(C(C)(C)C)c1C(C)(C)C.[2H]C(C)(C)c1ccccc1C(C)(C)C.[2H]C([2H])([2H])C([2H])(c1cccc(C([2H])(C([2H])([2H])[2H])C([2H])([2H])C)c1C(C)(C)C)C([2H])([2H])[2H].[2H]C([2H])([2H])C([2H])(c1ccccc1C(C)(C)C)C([2H])([2H])[2H].[2H]C([2H])(c1cccc(C([2H])(C)C(C)C)c1C(C)(C)C)C(C)C.[2H]C([2H])(c1ccccc1C(C)(C)C)C(C)C. The van der Waals surface area contributed by atoms with Crippen molar-refractivity contribution >= 4 is 0 Å². The highest BCUT2D eigenvalue weighted by Gasteiger charge is 2.30. The Balaban J connectivity index is 0.000000732. The standard InChI is InChI=1S/C19H32.2C17H28.C14H22.2C13H20/c1-13(2)12-16-10-9-11-17(15(5)14(3)4)18(16)19(6,7)8;1-12(2)13-10-9-11-14(16(3,4)5)15(13)17(6,7)8;1-8-13(4)15-11-9-10-14(12(2)3)16(15)17(5,6)7;1-11(2)10-12-8-6-7-9-13(12)14(3,4)5;2*1-10(2)11-8-6-7-9-12(11)13(3,4)5/h9-11,13-15H,12H2,1-8H3;9-12H,1-8H3;9-13H,8H2,1-7H3;6-9,11H,10H2,1-5H3;2*6-10H,1-5H3/i12D2,15D;12D;2D3,3D3,4D3,8D2,12D,13D;10D2;1D3,2D3,10D;10D. The van der Waals surface area contributed by atoms with Gasteiger partial charge in [-0.2, -0.15) is 0 Å². The first-order chi connectivity index (χ1) is 52.6. The minimum Gasteiger partial charge on any atom is -0.0648 e. The average Bonchev–Trinajstić information content (AvgIpc) is 0.704. The largest absolute Gasteiger partial charge is 0.0648 e. The Morgan fingerprint density at radius 1 is 0.301 bits per heavy atom. The monoisotopic (exact) mass is 1290 g/mol. The van der Waals surface area contributed by atoms with E-state index < -0.39 is 105 Å². The molecule has 0 nitrogen and oxygen atoms in total. The van der Waals surface area contributed by atoms with Crippen LogP contribution in [-0.2, 0) is 50.7 Å². The quantitative estimate of drug-likeness (QED) is 0.115. The van der Waals surface area contributed by atoms with Crippen molar-refractivity contribution < 1.29 is 37.0 Å². The summed E-state index contributed by atoms with van der Waals surface area (Å²) in [7, 11) is 0. The van der Waals surface area contributed by atoms with Crippen LogP contribution in [0.3, 0.4) is 0 Å². The fourth-order valence-corrected chi connectivity index (χ4v) is 11.2. The van der Waals surface area contributed by atoms with Gasteiger partial charge in [0.15, 0.2) is 0 Å². The lowest BCUT2D eigenvalue weighted by Gasteiger charge is -2.33. The summed E-state index contributed by atoms with van der Waals surface area (Å²) in [5.74, 6) is -10.4. The number of rotatable bonds is 12. The summed E-state index contributed by atoms with van der Waals surface area (Å²) in [6, 6.07) is 38.3. The van der Waals surface area contributed by atoms with Gasteiger partial charge in [0.2, 0.25) is 0 Å². The average molecular weight is 1300 g/mol. The van der Waals surface area contributed by atoms with Gasteiger partial charge in [-0.05, 0) is 194 Å². The van der Waals surface area contributed by atoms with Crippen LogP contribution < -0.4 is 0 Å². The Labute approximate surface area is 618 Å². The molecule has 0 aliphatic heterocycles. The summed E-state index contributed by atoms with van der Waals surface area (Å²) in [4.78, 5) is 0. The van der Waals surface area contributed by atoms with Gasteiger partial charge < -0.3 is 0 Å². The molecule has 0 N–H and O–H groups in total. The maximum absolute atomic E-state index is 8.83. The van der Waals surface area contributed by atoms with Gasteiger partial charge in [-0.3, -0.25) is 0 Å². The molecule has 0 heterocycles. The first-order valence-electron chi connectivity index (χ1n) is 47.3. The molecule has 2 atom stereocenters. The van der Waals surface area contributed by atoms with Crippen LogP contribution in [0, 0.1) is 17.8 Å². The molecule has 0 spiro atoms. The van der Waals surface area contributed by atoms with Gasteiger partial charge in [-0.1, -0.05) is 390 Å². The normalized spacial score (nSPS) is 19.7. The molecular weight excluding hydrogens is 1120 g/mol. The highest BCUT2D eigenvalue weighted by atomic mass is 14.3. The fraction of sp³-hybridized carbons (Fsp3) is 0.613. The first-order valence-corrected chi connectivity index (χ1v) is 33.8. The third-order valence-corrected chi connectivity index (χ3v) is 15.8. The van der Waals surface area contributed by atoms with E-state index in [9.17, 15) is 0 Å². The summed E-state index contributed by atoms with van der Waals surface area (Å²) in [5.41, 5.74) is 9.12. The second-order valence-corrected chi connectivity index (χ2v) is 33.4. The Hall–Kier alpha value is -4.68. The zero-order valence-electron chi connectivity index (χ0n) is 91.9. The number of hydrogen-bond acceptors (Lipinski definition) is 0. The molecule has 6 aromatic rings. The van der Waals surface area contributed by atoms with Crippen LogP contribution >= 0.6 is 0 Å². The van der Waals surface area contributed by atoms with E-state index in [4.69, 9.17) is 37.0 Å². The van der Waals surface area contributed by atoms with Crippen molar-refractivity contribution in [1.29, 1.82) is 0 Å². The van der Waals surface area contributed by atoms with Gasteiger partial charge in [-0.25, -0.2) is 0 Å². The molecular formula is C93H150. The molecule has 0 amide bonds. The molecule has 0 saturated heterocycles. The predicted octanol–water partition coefficient (Wildman–Crippen LogP) is 29.4. The first kappa shape index (κ1) is 50.6. The van der Waals surface area contributed by atoms with Crippen LogP contribution in [0.15, 0.2) is 127 Å². The van der Waals surface area contributed by atoms with Crippen molar-refractivity contribution in [3.63, 3.8) is 0 Å². The Bertz CT molecular complexity index is 4070. The second kappa shape index (κ2) is 36.6. The third kappa shape index (κ3) is 28.1. The van der Waals surface area contributed by atoms with E-state index in [0.29, 0.717) is 5.56 Å². The smallest absolute Gasteiger partial charge is 0.0352 e. The van der Waals surface area contributed by atoms with Gasteiger partial charge in [0.05, 0.1) is 0 Å². The van der Waals surface area contributed by atoms with Crippen molar-refractivity contribution in [3.05, 3.63) is 211 Å². The van der Waals surface area contributed by atoms with Crippen molar-refractivity contribution in [2.45, 2.75) is 355 Å². The molecule has 2 unspecified atom stereocenters. The second-order valence-electron chi connectivity index (χ2n) is 33.4. The van der Waals surface area contributed by atoms with E-state index in [2.05, 4.69) is 154 Å². The molecule has 6 aromatic carbocycles. The summed E-state index contributed by atoms with van der Waals surface area (Å²) in [5, 5.41) is 0. The van der Waals surface area contributed by atoms with Crippen LogP contribution in [0.25, 0.3) is 0 Å². The summed E-state index contributed by atoms with van der Waals surface area (Å²) >= 11 is 0. The third-order valence-electron chi connectivity index (χ3n) is 15.8. The molecule has 0 aliphatic carbocycles. The molecule has 522 valence electrons. The van der Waals surface area contributed by atoms with Crippen LogP contribution in [0.5, 0.6) is 0 Å². The lowest BCUT2D eigenvalue weighted by atomic mass is 9.71. The molecule has 0 bridgehead atoms. The maximum Gasteiger partial charge on any atom is 0.0352 e. The maximum atomic E-state index is 8.83. The van der Waals surface area contributed by atoms with Crippen molar-refractivity contribution in [3.8, 4) is 0 Å². The van der Waals surface area contributed by atoms with E-state index in [0.717, 1.165) is 51.9 Å². The molecule has 0 radical (unpaired) electrons. The van der Waals surface area contributed by atoms with E-state index in [1.54, 1.807) is 39.0 Å². The molecule has 0 aliphatic rings. The molecule has 0 heteroatoms. The predicted molar refractivity (Wildman–Crippen MR) is 425 cm³/mol. The van der Waals surface area contributed by atoms with E-state index in [-0.39, 0.29) is 61.5 Å². The van der Waals surface area contributed by atoms with Crippen LogP contribution in [0.4, 0.5) is 0 Å². The zero-order valence-corrected chi connectivity index (χ0v) is 64.9. The summed E-state index contributed by atoms with van der Waals surface area (Å²) < 4.78 is 217. The van der Waals surface area contributed by atoms with Gasteiger partial charge in [0.25, 0.3) is 0 Å². The van der Waals surface area contributed by atoms with Crippen LogP contribution in [-0.4, -0.2) is 0 Å². The molecule has 0 fully saturated rings. The van der Waals surface area contributed by atoms with Crippen molar-refractivity contribution in [1.82, 2.24) is 0 Å². The molecule has 0 saturated carbocycles. The topological polar surface area (TPSA) is 0 Å². The van der Waals surface area contributed by atoms with Gasteiger partial charge in [0.1, 0.15) is 0 Å². The molecule has 93 heavy (non-hydrogen) atoms. The summed E-state index contributed by atoms with van der Waals surface area (Å²) in [6.07, 6.45) is -5.27. The highest BCUT2D eigenvalue weighted by molar-refractivity contribution is 5.47. The van der Waals surface area contributed by atoms with Crippen LogP contribution in [0.2, 0.25) is 0 Å². The van der Waals surface area contributed by atoms with Gasteiger partial charge in [-0.15, -0.1) is 0 Å². The minimum absolute atomic E-state index is 0.0150. The minimum atomic E-state index is -3.31. The lowest BCUT2D eigenvalue weighted by molar-refractivity contribution is 0.503. The number of hydrogen-bond donors (Lipinski definition) is 0. The van der Waals surface area contributed by atoms with E-state index in [1.807, 2.05) is 132 Å². The molecule has 6 rings (SSSR count). The number of benzene rings is 6. The zero-order chi connectivity index (χ0) is 95.7. The van der Waals surface area contributed by atoms with Crippen molar-refractivity contribution in [2.75, 3.05) is 0 Å². The fourth-order valence-electron chi connectivity index (χ4n) is 11.2. The highest BCUT2D eigenvalue weighted by Crippen LogP contribution is 2.41.